The fourth-order valence-electron chi connectivity index (χ4n) is 6.88. The van der Waals surface area contributed by atoms with E-state index in [2.05, 4.69) is 13.8 Å². The number of hydrogen-bond acceptors (Lipinski definition) is 3. The molecule has 3 heteroatoms. The molecule has 7 unspecified atom stereocenters. The maximum atomic E-state index is 13.0. The predicted octanol–water partition coefficient (Wildman–Crippen LogP) is 2.93. The van der Waals surface area contributed by atoms with Crippen molar-refractivity contribution in [2.24, 2.45) is 34.5 Å². The third-order valence-corrected chi connectivity index (χ3v) is 8.39. The fraction of sp³-hybridized carbons (Fsp3) is 0.947. The summed E-state index contributed by atoms with van der Waals surface area (Å²) in [5.41, 5.74) is 0.195. The van der Waals surface area contributed by atoms with E-state index in [0.717, 1.165) is 44.9 Å². The normalized spacial score (nSPS) is 57.9. The van der Waals surface area contributed by atoms with Gasteiger partial charge in [-0.15, -0.1) is 0 Å². The summed E-state index contributed by atoms with van der Waals surface area (Å²) in [5.74, 6) is 1.85. The highest BCUT2D eigenvalue weighted by molar-refractivity contribution is 5.83. The minimum Gasteiger partial charge on any atom is -0.393 e. The molecule has 4 rings (SSSR count). The lowest BCUT2D eigenvalue weighted by molar-refractivity contribution is -0.162. The Morgan fingerprint density at radius 3 is 2.41 bits per heavy atom. The summed E-state index contributed by atoms with van der Waals surface area (Å²) >= 11 is 0. The molecule has 0 saturated heterocycles. The second-order valence-corrected chi connectivity index (χ2v) is 9.18. The van der Waals surface area contributed by atoms with Crippen LogP contribution in [0.2, 0.25) is 0 Å². The second-order valence-electron chi connectivity index (χ2n) is 9.18. The van der Waals surface area contributed by atoms with Gasteiger partial charge in [-0.1, -0.05) is 13.8 Å². The second kappa shape index (κ2) is 4.80. The molecule has 4 fully saturated rings. The first-order valence-corrected chi connectivity index (χ1v) is 9.25. The van der Waals surface area contributed by atoms with E-state index in [1.807, 2.05) is 0 Å². The molecule has 22 heavy (non-hydrogen) atoms. The molecule has 0 heterocycles. The summed E-state index contributed by atoms with van der Waals surface area (Å²) in [5, 5.41) is 20.5. The lowest BCUT2D eigenvalue weighted by atomic mass is 9.45. The van der Waals surface area contributed by atoms with Crippen molar-refractivity contribution in [3.8, 4) is 0 Å². The van der Waals surface area contributed by atoms with Crippen LogP contribution in [-0.2, 0) is 4.79 Å². The summed E-state index contributed by atoms with van der Waals surface area (Å²) in [6.07, 6.45) is 7.07. The first kappa shape index (κ1) is 15.1. The highest BCUT2D eigenvalue weighted by Crippen LogP contribution is 2.65. The Kier molecular flexibility index (Phi) is 3.30. The Morgan fingerprint density at radius 2 is 1.64 bits per heavy atom. The summed E-state index contributed by atoms with van der Waals surface area (Å²) in [6, 6.07) is 0. The van der Waals surface area contributed by atoms with Crippen molar-refractivity contribution in [3.63, 3.8) is 0 Å². The monoisotopic (exact) mass is 306 g/mol. The van der Waals surface area contributed by atoms with E-state index >= 15 is 0 Å². The lowest BCUT2D eigenvalue weighted by Crippen LogP contribution is -2.57. The summed E-state index contributed by atoms with van der Waals surface area (Å²) in [7, 11) is 0. The first-order chi connectivity index (χ1) is 10.4. The van der Waals surface area contributed by atoms with Crippen molar-refractivity contribution in [1.29, 1.82) is 0 Å². The molecule has 3 nitrogen and oxygen atoms in total. The van der Waals surface area contributed by atoms with E-state index in [1.165, 1.54) is 0 Å². The number of carbonyl (C=O) groups excluding carboxylic acids is 1. The molecule has 0 radical (unpaired) electrons. The van der Waals surface area contributed by atoms with Crippen molar-refractivity contribution in [1.82, 2.24) is 0 Å². The van der Waals surface area contributed by atoms with Gasteiger partial charge in [0, 0.05) is 12.3 Å². The zero-order chi connectivity index (χ0) is 15.7. The zero-order valence-corrected chi connectivity index (χ0v) is 13.9. The molecule has 0 aromatic rings. The van der Waals surface area contributed by atoms with Crippen LogP contribution in [-0.4, -0.2) is 28.2 Å². The van der Waals surface area contributed by atoms with Crippen LogP contribution < -0.4 is 0 Å². The lowest BCUT2D eigenvalue weighted by Gasteiger charge is -2.59. The molecule has 4 aliphatic carbocycles. The summed E-state index contributed by atoms with van der Waals surface area (Å²) in [4.78, 5) is 13.0. The molecule has 4 saturated carbocycles. The Bertz CT molecular complexity index is 489. The van der Waals surface area contributed by atoms with Gasteiger partial charge in [-0.2, -0.15) is 0 Å². The van der Waals surface area contributed by atoms with E-state index < -0.39 is 0 Å². The van der Waals surface area contributed by atoms with Gasteiger partial charge in [0.25, 0.3) is 0 Å². The van der Waals surface area contributed by atoms with E-state index in [-0.39, 0.29) is 29.0 Å². The Balaban J connectivity index is 1.69. The van der Waals surface area contributed by atoms with Gasteiger partial charge >= 0.3 is 0 Å². The van der Waals surface area contributed by atoms with Gasteiger partial charge in [-0.25, -0.2) is 0 Å². The maximum Gasteiger partial charge on any atom is 0.136 e. The number of aliphatic hydroxyl groups is 2. The van der Waals surface area contributed by atoms with E-state index in [4.69, 9.17) is 0 Å². The quantitative estimate of drug-likeness (QED) is 0.723. The zero-order valence-electron chi connectivity index (χ0n) is 13.9. The van der Waals surface area contributed by atoms with Crippen molar-refractivity contribution in [2.45, 2.75) is 77.4 Å². The van der Waals surface area contributed by atoms with E-state index in [1.54, 1.807) is 0 Å². The number of carbonyl (C=O) groups is 1. The average molecular weight is 306 g/mol. The topological polar surface area (TPSA) is 57.5 Å². The van der Waals surface area contributed by atoms with Crippen molar-refractivity contribution in [2.75, 3.05) is 0 Å². The van der Waals surface area contributed by atoms with E-state index in [9.17, 15) is 15.0 Å². The smallest absolute Gasteiger partial charge is 0.136 e. The van der Waals surface area contributed by atoms with Crippen LogP contribution in [0.1, 0.15) is 65.2 Å². The van der Waals surface area contributed by atoms with E-state index in [0.29, 0.717) is 30.0 Å². The number of hydrogen-bond donors (Lipinski definition) is 2. The molecule has 0 aliphatic heterocycles. The standard InChI is InChI=1S/C19H30O3/c1-18-7-5-12(20)9-11(18)10-15(21)17-13-3-4-16(22)19(13,2)8-6-14(17)18/h11-14,16-17,20,22H,3-10H2,1-2H3/t11-,12?,13?,14?,16?,17?,18?,19?/m1/s1. The molecule has 2 N–H and O–H groups in total. The minimum absolute atomic E-state index is 0.0335. The van der Waals surface area contributed by atoms with Gasteiger partial charge in [0.05, 0.1) is 12.2 Å². The van der Waals surface area contributed by atoms with Gasteiger partial charge in [-0.05, 0) is 73.5 Å². The molecule has 124 valence electrons. The molecule has 0 bridgehead atoms. The Hall–Kier alpha value is -0.410. The first-order valence-electron chi connectivity index (χ1n) is 9.25. The number of ketones is 1. The average Bonchev–Trinajstić information content (AvgIpc) is 2.77. The Morgan fingerprint density at radius 1 is 0.955 bits per heavy atom. The highest BCUT2D eigenvalue weighted by atomic mass is 16.3. The van der Waals surface area contributed by atoms with Crippen molar-refractivity contribution in [3.05, 3.63) is 0 Å². The predicted molar refractivity (Wildman–Crippen MR) is 84.1 cm³/mol. The van der Waals surface area contributed by atoms with Gasteiger partial charge in [-0.3, -0.25) is 4.79 Å². The molecule has 0 aromatic heterocycles. The molecule has 0 amide bonds. The number of aliphatic hydroxyl groups excluding tert-OH is 2. The van der Waals surface area contributed by atoms with Gasteiger partial charge in [0.15, 0.2) is 0 Å². The van der Waals surface area contributed by atoms with Crippen LogP contribution in [0.4, 0.5) is 0 Å². The molecule has 0 aromatic carbocycles. The van der Waals surface area contributed by atoms with Crippen LogP contribution in [0.5, 0.6) is 0 Å². The molecule has 8 atom stereocenters. The fourth-order valence-corrected chi connectivity index (χ4v) is 6.88. The van der Waals surface area contributed by atoms with Crippen LogP contribution >= 0.6 is 0 Å². The minimum atomic E-state index is -0.218. The van der Waals surface area contributed by atoms with Crippen LogP contribution in [0.15, 0.2) is 0 Å². The summed E-state index contributed by atoms with van der Waals surface area (Å²) in [6.45, 7) is 4.61. The summed E-state index contributed by atoms with van der Waals surface area (Å²) < 4.78 is 0. The van der Waals surface area contributed by atoms with Crippen molar-refractivity contribution >= 4 is 5.78 Å². The number of fused-ring (bicyclic) bond motifs is 5. The van der Waals surface area contributed by atoms with Gasteiger partial charge < -0.3 is 10.2 Å². The van der Waals surface area contributed by atoms with Crippen LogP contribution in [0, 0.1) is 34.5 Å². The molecule has 4 aliphatic rings. The van der Waals surface area contributed by atoms with Crippen LogP contribution in [0.3, 0.4) is 0 Å². The SMILES string of the molecule is CC12CCC3C(C(=O)C[C@H]4CC(O)CCC34C)C1CCC2O. The van der Waals surface area contributed by atoms with Crippen molar-refractivity contribution < 1.29 is 15.0 Å². The third-order valence-electron chi connectivity index (χ3n) is 8.39. The highest BCUT2D eigenvalue weighted by Gasteiger charge is 2.62. The Labute approximate surface area is 133 Å². The number of Topliss-reactive ketones (excluding diaryl/α,β-unsaturated/α-hetero) is 1. The van der Waals surface area contributed by atoms with Gasteiger partial charge in [0.1, 0.15) is 5.78 Å². The van der Waals surface area contributed by atoms with Crippen LogP contribution in [0.25, 0.3) is 0 Å². The maximum absolute atomic E-state index is 13.0. The third kappa shape index (κ3) is 1.84. The molecule has 0 spiro atoms. The molecular formula is C19H30O3. The van der Waals surface area contributed by atoms with Gasteiger partial charge in [0.2, 0.25) is 0 Å². The molecular weight excluding hydrogens is 276 g/mol. The number of rotatable bonds is 0. The largest absolute Gasteiger partial charge is 0.393 e.